The van der Waals surface area contributed by atoms with Crippen LogP contribution in [-0.4, -0.2) is 53.0 Å². The van der Waals surface area contributed by atoms with E-state index in [4.69, 9.17) is 9.47 Å². The maximum Gasteiger partial charge on any atom is 0.257 e. The molecule has 2 aliphatic rings. The number of piperidine rings is 1. The number of amides is 1. The summed E-state index contributed by atoms with van der Waals surface area (Å²) in [4.78, 5) is 18.6. The number of carbonyl (C=O) groups excluding carboxylic acids is 1. The van der Waals surface area contributed by atoms with Crippen LogP contribution >= 0.6 is 0 Å². The van der Waals surface area contributed by atoms with E-state index in [1.54, 1.807) is 23.2 Å². The van der Waals surface area contributed by atoms with Crippen LogP contribution in [0, 0.1) is 0 Å². The number of nitrogens with zero attached hydrogens (tertiary/aromatic N) is 2. The molecule has 0 unspecified atom stereocenters. The molecule has 1 N–H and O–H groups in total. The van der Waals surface area contributed by atoms with E-state index in [9.17, 15) is 9.90 Å². The monoisotopic (exact) mass is 314 g/mol. The molecule has 0 aliphatic carbocycles. The van der Waals surface area contributed by atoms with Crippen LogP contribution in [0.15, 0.2) is 30.5 Å². The predicted octanol–water partition coefficient (Wildman–Crippen LogP) is 1.92. The fraction of sp³-hybridized carbons (Fsp3) is 0.412. The number of ether oxygens (including phenoxy) is 2. The van der Waals surface area contributed by atoms with E-state index in [2.05, 4.69) is 4.98 Å². The second kappa shape index (κ2) is 5.47. The molecule has 23 heavy (non-hydrogen) atoms. The maximum absolute atomic E-state index is 12.7. The van der Waals surface area contributed by atoms with Gasteiger partial charge in [0, 0.05) is 37.5 Å². The van der Waals surface area contributed by atoms with Crippen molar-refractivity contribution in [2.75, 3.05) is 26.3 Å². The van der Waals surface area contributed by atoms with E-state index >= 15 is 0 Å². The van der Waals surface area contributed by atoms with Gasteiger partial charge >= 0.3 is 0 Å². The molecule has 6 nitrogen and oxygen atoms in total. The van der Waals surface area contributed by atoms with Crippen LogP contribution in [0.5, 0.6) is 5.75 Å². The zero-order valence-electron chi connectivity index (χ0n) is 12.7. The van der Waals surface area contributed by atoms with Crippen LogP contribution in [0.4, 0.5) is 0 Å². The molecule has 1 aromatic heterocycles. The molecule has 3 heterocycles. The van der Waals surface area contributed by atoms with E-state index in [1.165, 1.54) is 0 Å². The molecular formula is C17H18N2O4. The van der Waals surface area contributed by atoms with Crippen LogP contribution in [0.2, 0.25) is 0 Å². The summed E-state index contributed by atoms with van der Waals surface area (Å²) in [7, 11) is 0. The quantitative estimate of drug-likeness (QED) is 0.870. The van der Waals surface area contributed by atoms with Gasteiger partial charge in [0.2, 0.25) is 0 Å². The minimum atomic E-state index is -0.510. The Kier molecular flexibility index (Phi) is 3.43. The number of phenols is 1. The Labute approximate surface area is 133 Å². The number of phenolic OH excluding ortho intramolecular Hbond substituents is 1. The molecule has 0 atom stereocenters. The van der Waals surface area contributed by atoms with Gasteiger partial charge in [0.05, 0.1) is 18.8 Å². The van der Waals surface area contributed by atoms with Crippen molar-refractivity contribution in [3.05, 3.63) is 36.0 Å². The number of aromatic nitrogens is 1. The van der Waals surface area contributed by atoms with Crippen molar-refractivity contribution in [1.82, 2.24) is 9.88 Å². The largest absolute Gasteiger partial charge is 0.505 e. The molecule has 2 aromatic rings. The molecule has 1 spiro atoms. The molecule has 2 saturated heterocycles. The average Bonchev–Trinajstić information content (AvgIpc) is 3.04. The van der Waals surface area contributed by atoms with Crippen LogP contribution in [0.1, 0.15) is 23.2 Å². The second-order valence-corrected chi connectivity index (χ2v) is 5.94. The summed E-state index contributed by atoms with van der Waals surface area (Å²) in [6.07, 6.45) is 2.92. The third-order valence-electron chi connectivity index (χ3n) is 4.60. The molecule has 0 radical (unpaired) electrons. The lowest BCUT2D eigenvalue weighted by Crippen LogP contribution is -2.47. The van der Waals surface area contributed by atoms with Crippen LogP contribution in [-0.2, 0) is 9.47 Å². The topological polar surface area (TPSA) is 71.9 Å². The maximum atomic E-state index is 12.7. The molecule has 2 fully saturated rings. The van der Waals surface area contributed by atoms with Gasteiger partial charge in [0.15, 0.2) is 11.5 Å². The van der Waals surface area contributed by atoms with Gasteiger partial charge in [-0.05, 0) is 12.1 Å². The van der Waals surface area contributed by atoms with Crippen LogP contribution in [0.25, 0.3) is 10.9 Å². The van der Waals surface area contributed by atoms with Crippen molar-refractivity contribution >= 4 is 16.8 Å². The van der Waals surface area contributed by atoms with E-state index < -0.39 is 5.79 Å². The Bertz CT molecular complexity index is 745. The second-order valence-electron chi connectivity index (χ2n) is 5.94. The Morgan fingerprint density at radius 3 is 2.65 bits per heavy atom. The smallest absolute Gasteiger partial charge is 0.257 e. The van der Waals surface area contributed by atoms with Crippen molar-refractivity contribution in [3.63, 3.8) is 0 Å². The standard InChI is InChI=1S/C17H18N2O4/c20-15-13(4-3-12-2-1-7-18-14(12)15)16(21)19-8-5-17(6-9-19)22-10-11-23-17/h1-4,7,20H,5-6,8-11H2. The first kappa shape index (κ1) is 14.4. The van der Waals surface area contributed by atoms with Crippen molar-refractivity contribution in [3.8, 4) is 5.75 Å². The average molecular weight is 314 g/mol. The van der Waals surface area contributed by atoms with Gasteiger partial charge in [-0.1, -0.05) is 12.1 Å². The highest BCUT2D eigenvalue weighted by molar-refractivity contribution is 6.02. The number of hydrogen-bond acceptors (Lipinski definition) is 5. The fourth-order valence-corrected chi connectivity index (χ4v) is 3.31. The molecule has 1 amide bonds. The minimum Gasteiger partial charge on any atom is -0.505 e. The molecule has 6 heteroatoms. The molecule has 4 rings (SSSR count). The molecule has 0 bridgehead atoms. The van der Waals surface area contributed by atoms with Crippen molar-refractivity contribution < 1.29 is 19.4 Å². The third kappa shape index (κ3) is 2.44. The number of aromatic hydroxyl groups is 1. The summed E-state index contributed by atoms with van der Waals surface area (Å²) in [6, 6.07) is 7.13. The lowest BCUT2D eigenvalue weighted by Gasteiger charge is -2.37. The van der Waals surface area contributed by atoms with Gasteiger partial charge in [-0.15, -0.1) is 0 Å². The summed E-state index contributed by atoms with van der Waals surface area (Å²) in [5, 5.41) is 11.2. The van der Waals surface area contributed by atoms with Gasteiger partial charge in [-0.25, -0.2) is 0 Å². The summed E-state index contributed by atoms with van der Waals surface area (Å²) >= 11 is 0. The van der Waals surface area contributed by atoms with Crippen LogP contribution < -0.4 is 0 Å². The normalized spacial score (nSPS) is 20.3. The first-order valence-corrected chi connectivity index (χ1v) is 7.82. The summed E-state index contributed by atoms with van der Waals surface area (Å²) < 4.78 is 11.4. The van der Waals surface area contributed by atoms with Crippen molar-refractivity contribution in [2.45, 2.75) is 18.6 Å². The Hall–Kier alpha value is -2.18. The van der Waals surface area contributed by atoms with E-state index in [1.807, 2.05) is 12.1 Å². The highest BCUT2D eigenvalue weighted by atomic mass is 16.7. The predicted molar refractivity (Wildman–Crippen MR) is 83.2 cm³/mol. The number of hydrogen-bond donors (Lipinski definition) is 1. The Morgan fingerprint density at radius 1 is 1.17 bits per heavy atom. The van der Waals surface area contributed by atoms with E-state index in [-0.39, 0.29) is 11.7 Å². The number of rotatable bonds is 1. The SMILES string of the molecule is O=C(c1ccc2cccnc2c1O)N1CCC2(CC1)OCCO2. The van der Waals surface area contributed by atoms with Crippen molar-refractivity contribution in [1.29, 1.82) is 0 Å². The number of benzene rings is 1. The van der Waals surface area contributed by atoms with Gasteiger partial charge in [-0.3, -0.25) is 9.78 Å². The molecule has 120 valence electrons. The first-order valence-electron chi connectivity index (χ1n) is 7.82. The van der Waals surface area contributed by atoms with Gasteiger partial charge in [0.25, 0.3) is 5.91 Å². The van der Waals surface area contributed by atoms with Gasteiger partial charge in [-0.2, -0.15) is 0 Å². The van der Waals surface area contributed by atoms with E-state index in [0.29, 0.717) is 50.2 Å². The van der Waals surface area contributed by atoms with Gasteiger partial charge < -0.3 is 19.5 Å². The number of carbonyl (C=O) groups is 1. The van der Waals surface area contributed by atoms with E-state index in [0.717, 1.165) is 5.39 Å². The highest BCUT2D eigenvalue weighted by Gasteiger charge is 2.41. The lowest BCUT2D eigenvalue weighted by molar-refractivity contribution is -0.181. The number of likely N-dealkylation sites (tertiary alicyclic amines) is 1. The number of pyridine rings is 1. The van der Waals surface area contributed by atoms with Gasteiger partial charge in [0.1, 0.15) is 5.52 Å². The molecule has 0 saturated carbocycles. The Balaban J connectivity index is 1.57. The molecule has 1 aromatic carbocycles. The zero-order chi connectivity index (χ0) is 15.9. The van der Waals surface area contributed by atoms with Crippen molar-refractivity contribution in [2.24, 2.45) is 0 Å². The first-order chi connectivity index (χ1) is 11.2. The highest BCUT2D eigenvalue weighted by Crippen LogP contribution is 2.33. The summed E-state index contributed by atoms with van der Waals surface area (Å²) in [5.41, 5.74) is 0.745. The Morgan fingerprint density at radius 2 is 1.91 bits per heavy atom. The van der Waals surface area contributed by atoms with Crippen LogP contribution in [0.3, 0.4) is 0 Å². The molecule has 2 aliphatic heterocycles. The third-order valence-corrected chi connectivity index (χ3v) is 4.60. The minimum absolute atomic E-state index is 0.0539. The number of fused-ring (bicyclic) bond motifs is 1. The zero-order valence-corrected chi connectivity index (χ0v) is 12.7. The summed E-state index contributed by atoms with van der Waals surface area (Å²) in [6.45, 7) is 2.34. The molecular weight excluding hydrogens is 296 g/mol. The fourth-order valence-electron chi connectivity index (χ4n) is 3.31. The summed E-state index contributed by atoms with van der Waals surface area (Å²) in [5.74, 6) is -0.742. The lowest BCUT2D eigenvalue weighted by atomic mass is 10.0.